The highest BCUT2D eigenvalue weighted by atomic mass is 15.3. The van der Waals surface area contributed by atoms with Gasteiger partial charge >= 0.3 is 0 Å². The summed E-state index contributed by atoms with van der Waals surface area (Å²) in [4.78, 5) is 2.82. The van der Waals surface area contributed by atoms with Crippen LogP contribution in [0.1, 0.15) is 68.2 Å². The predicted molar refractivity (Wildman–Crippen MR) is 79.7 cm³/mol. The van der Waals surface area contributed by atoms with Gasteiger partial charge in [0.25, 0.3) is 0 Å². The maximum atomic E-state index is 2.82. The van der Waals surface area contributed by atoms with Gasteiger partial charge in [-0.15, -0.1) is 0 Å². The van der Waals surface area contributed by atoms with Crippen molar-refractivity contribution in [2.45, 2.75) is 85.9 Å². The van der Waals surface area contributed by atoms with E-state index in [9.17, 15) is 0 Å². The Morgan fingerprint density at radius 2 is 1.56 bits per heavy atom. The van der Waals surface area contributed by atoms with Gasteiger partial charge in [-0.3, -0.25) is 4.90 Å². The fraction of sp³-hybridized carbons (Fsp3) is 1.00. The van der Waals surface area contributed by atoms with Crippen molar-refractivity contribution in [3.8, 4) is 0 Å². The van der Waals surface area contributed by atoms with Crippen LogP contribution in [0.5, 0.6) is 0 Å². The van der Waals surface area contributed by atoms with Crippen molar-refractivity contribution >= 4 is 0 Å². The molecule has 0 spiro atoms. The van der Waals surface area contributed by atoms with Crippen molar-refractivity contribution < 1.29 is 0 Å². The highest BCUT2D eigenvalue weighted by molar-refractivity contribution is 5.15. The highest BCUT2D eigenvalue weighted by Crippen LogP contribution is 2.61. The van der Waals surface area contributed by atoms with Crippen LogP contribution >= 0.6 is 0 Å². The second-order valence-electron chi connectivity index (χ2n) is 8.15. The van der Waals surface area contributed by atoms with Gasteiger partial charge in [0, 0.05) is 17.6 Å². The molecule has 2 bridgehead atoms. The van der Waals surface area contributed by atoms with Crippen LogP contribution < -0.4 is 0 Å². The maximum Gasteiger partial charge on any atom is 0.0150 e. The number of hydrogen-bond acceptors (Lipinski definition) is 1. The van der Waals surface area contributed by atoms with E-state index >= 15 is 0 Å². The lowest BCUT2D eigenvalue weighted by Gasteiger charge is -2.71. The van der Waals surface area contributed by atoms with E-state index < -0.39 is 0 Å². The summed E-state index contributed by atoms with van der Waals surface area (Å²) in [5.74, 6) is 2.48. The second kappa shape index (κ2) is 4.23. The van der Waals surface area contributed by atoms with Crippen LogP contribution in [0.4, 0.5) is 0 Å². The molecule has 0 aromatic carbocycles. The number of piperidine rings is 1. The quantitative estimate of drug-likeness (QED) is 0.695. The van der Waals surface area contributed by atoms with E-state index in [4.69, 9.17) is 0 Å². The van der Waals surface area contributed by atoms with Crippen LogP contribution in [-0.4, -0.2) is 22.5 Å². The van der Waals surface area contributed by atoms with Crippen LogP contribution in [-0.2, 0) is 0 Å². The van der Waals surface area contributed by atoms with Crippen molar-refractivity contribution in [3.63, 3.8) is 0 Å². The number of fused-ring (bicyclic) bond motifs is 2. The van der Waals surface area contributed by atoms with E-state index in [2.05, 4.69) is 60.3 Å². The molecule has 3 rings (SSSR count). The summed E-state index contributed by atoms with van der Waals surface area (Å²) in [6.07, 6.45) is 2.78. The third-order valence-electron chi connectivity index (χ3n) is 6.51. The average Bonchev–Trinajstić information content (AvgIpc) is 2.13. The lowest BCUT2D eigenvalue weighted by molar-refractivity contribution is -0.218. The van der Waals surface area contributed by atoms with Crippen LogP contribution in [0.2, 0.25) is 0 Å². The SMILES string of the molecule is CCC1(C(C)C)C(C)C2CC(C1C)N2C(C)(C)C. The number of nitrogens with zero attached hydrogens (tertiary/aromatic N) is 1. The lowest BCUT2D eigenvalue weighted by atomic mass is 9.47. The van der Waals surface area contributed by atoms with Gasteiger partial charge < -0.3 is 0 Å². The first-order valence-corrected chi connectivity index (χ1v) is 7.96. The first-order valence-electron chi connectivity index (χ1n) is 7.96. The minimum Gasteiger partial charge on any atom is -0.292 e. The molecule has 1 heteroatoms. The van der Waals surface area contributed by atoms with Gasteiger partial charge in [-0.05, 0) is 56.8 Å². The van der Waals surface area contributed by atoms with Crippen molar-refractivity contribution in [1.82, 2.24) is 4.90 Å². The van der Waals surface area contributed by atoms with E-state index in [0.29, 0.717) is 11.0 Å². The Hall–Kier alpha value is -0.0400. The largest absolute Gasteiger partial charge is 0.292 e. The summed E-state index contributed by atoms with van der Waals surface area (Å²) in [5, 5.41) is 0. The van der Waals surface area contributed by atoms with Gasteiger partial charge in [-0.25, -0.2) is 0 Å². The third-order valence-corrected chi connectivity index (χ3v) is 6.51. The molecule has 0 radical (unpaired) electrons. The summed E-state index contributed by atoms with van der Waals surface area (Å²) < 4.78 is 0. The number of rotatable bonds is 2. The van der Waals surface area contributed by atoms with E-state index in [1.54, 1.807) is 0 Å². The number of hydrogen-bond donors (Lipinski definition) is 0. The molecule has 1 aliphatic carbocycles. The second-order valence-corrected chi connectivity index (χ2v) is 8.15. The smallest absolute Gasteiger partial charge is 0.0150 e. The zero-order valence-electron chi connectivity index (χ0n) is 13.7. The Kier molecular flexibility index (Phi) is 3.38. The molecule has 4 unspecified atom stereocenters. The molecule has 3 fully saturated rings. The highest BCUT2D eigenvalue weighted by Gasteiger charge is 2.62. The van der Waals surface area contributed by atoms with Crippen molar-refractivity contribution in [1.29, 1.82) is 0 Å². The monoisotopic (exact) mass is 251 g/mol. The standard InChI is InChI=1S/C17H33N/c1-9-17(11(2)3)12(4)14-10-15(13(17)5)18(14)16(6,7)8/h11-15H,9-10H2,1-8H3. The molecule has 1 saturated carbocycles. The Bertz CT molecular complexity index is 296. The zero-order valence-corrected chi connectivity index (χ0v) is 13.7. The van der Waals surface area contributed by atoms with Crippen molar-refractivity contribution in [2.24, 2.45) is 23.2 Å². The molecule has 1 nitrogen and oxygen atoms in total. The molecule has 4 atom stereocenters. The third kappa shape index (κ3) is 1.62. The summed E-state index contributed by atoms with van der Waals surface area (Å²) in [6.45, 7) is 19.5. The molecule has 0 amide bonds. The molecule has 106 valence electrons. The van der Waals surface area contributed by atoms with Crippen LogP contribution in [0.3, 0.4) is 0 Å². The van der Waals surface area contributed by atoms with E-state index in [0.717, 1.165) is 29.8 Å². The maximum absolute atomic E-state index is 2.82. The molecule has 0 N–H and O–H groups in total. The van der Waals surface area contributed by atoms with Gasteiger partial charge in [-0.1, -0.05) is 34.6 Å². The van der Waals surface area contributed by atoms with Crippen LogP contribution in [0.25, 0.3) is 0 Å². The summed E-state index contributed by atoms with van der Waals surface area (Å²) in [6, 6.07) is 1.65. The van der Waals surface area contributed by atoms with Crippen molar-refractivity contribution in [3.05, 3.63) is 0 Å². The Labute approximate surface area is 114 Å². The molecule has 3 aliphatic rings. The molecule has 0 aromatic heterocycles. The van der Waals surface area contributed by atoms with E-state index in [1.165, 1.54) is 12.8 Å². The molecular formula is C17H33N. The first kappa shape index (κ1) is 14.4. The van der Waals surface area contributed by atoms with E-state index in [1.807, 2.05) is 0 Å². The summed E-state index contributed by atoms with van der Waals surface area (Å²) >= 11 is 0. The van der Waals surface area contributed by atoms with Gasteiger partial charge in [0.15, 0.2) is 0 Å². The Balaban J connectivity index is 2.34. The van der Waals surface area contributed by atoms with Crippen LogP contribution in [0, 0.1) is 23.2 Å². The zero-order chi connectivity index (χ0) is 13.9. The molecule has 0 aromatic rings. The Morgan fingerprint density at radius 3 is 1.83 bits per heavy atom. The lowest BCUT2D eigenvalue weighted by Crippen LogP contribution is -2.76. The van der Waals surface area contributed by atoms with Gasteiger partial charge in [-0.2, -0.15) is 0 Å². The summed E-state index contributed by atoms with van der Waals surface area (Å²) in [5.41, 5.74) is 0.905. The Morgan fingerprint density at radius 1 is 1.11 bits per heavy atom. The molecule has 2 aliphatic heterocycles. The van der Waals surface area contributed by atoms with Gasteiger partial charge in [0.2, 0.25) is 0 Å². The van der Waals surface area contributed by atoms with Gasteiger partial charge in [0.1, 0.15) is 0 Å². The molecule has 18 heavy (non-hydrogen) atoms. The van der Waals surface area contributed by atoms with Gasteiger partial charge in [0.05, 0.1) is 0 Å². The molecule has 2 saturated heterocycles. The molecular weight excluding hydrogens is 218 g/mol. The van der Waals surface area contributed by atoms with E-state index in [-0.39, 0.29) is 0 Å². The van der Waals surface area contributed by atoms with Crippen LogP contribution in [0.15, 0.2) is 0 Å². The molecule has 2 heterocycles. The summed E-state index contributed by atoms with van der Waals surface area (Å²) in [7, 11) is 0. The fourth-order valence-electron chi connectivity index (χ4n) is 5.70. The average molecular weight is 251 g/mol. The van der Waals surface area contributed by atoms with Crippen molar-refractivity contribution in [2.75, 3.05) is 0 Å². The minimum absolute atomic E-state index is 0.340. The minimum atomic E-state index is 0.340. The topological polar surface area (TPSA) is 3.24 Å². The predicted octanol–water partition coefficient (Wildman–Crippen LogP) is 4.57. The normalized spacial score (nSPS) is 45.2. The fourth-order valence-corrected chi connectivity index (χ4v) is 5.70. The first-order chi connectivity index (χ1) is 8.17.